The van der Waals surface area contributed by atoms with E-state index in [1.807, 2.05) is 18.2 Å². The van der Waals surface area contributed by atoms with Crippen LogP contribution in [0, 0.1) is 0 Å². The zero-order valence-corrected chi connectivity index (χ0v) is 19.6. The molecule has 32 heavy (non-hydrogen) atoms. The zero-order chi connectivity index (χ0) is 22.7. The topological polar surface area (TPSA) is 84.0 Å². The van der Waals surface area contributed by atoms with Crippen molar-refractivity contribution in [2.45, 2.75) is 4.90 Å². The normalized spacial score (nSPS) is 11.6. The Kier molecular flexibility index (Phi) is 6.83. The quantitative estimate of drug-likeness (QED) is 0.316. The summed E-state index contributed by atoms with van der Waals surface area (Å²) in [7, 11) is -3.65. The number of halogens is 3. The molecule has 0 unspecified atom stereocenters. The maximum Gasteiger partial charge on any atom is 0.240 e. The lowest BCUT2D eigenvalue weighted by molar-refractivity contribution is 0.583. The first-order valence-electron chi connectivity index (χ1n) is 9.54. The van der Waals surface area contributed by atoms with Gasteiger partial charge >= 0.3 is 0 Å². The second-order valence-electron chi connectivity index (χ2n) is 6.84. The van der Waals surface area contributed by atoms with Crippen molar-refractivity contribution in [2.24, 2.45) is 0 Å². The highest BCUT2D eigenvalue weighted by Crippen LogP contribution is 2.27. The third kappa shape index (κ3) is 5.31. The fourth-order valence-electron chi connectivity index (χ4n) is 3.03. The van der Waals surface area contributed by atoms with E-state index >= 15 is 0 Å². The van der Waals surface area contributed by atoms with E-state index in [2.05, 4.69) is 20.0 Å². The lowest BCUT2D eigenvalue weighted by Crippen LogP contribution is -2.29. The number of hydrogen-bond donors (Lipinski definition) is 2. The molecule has 6 nitrogen and oxygen atoms in total. The summed E-state index contributed by atoms with van der Waals surface area (Å²) >= 11 is 18.0. The molecular formula is C22H17Cl3N4O2S. The first-order valence-corrected chi connectivity index (χ1v) is 12.2. The standard InChI is InChI=1S/C22H17Cl3N4O2S/c23-15-3-1-14(2-4-15)21-28-20-13-17(25)7-10-19(20)22(29-21)26-11-12-27-32(30,31)18-8-5-16(24)6-9-18/h1-10,13,27H,11-12H2,(H,26,28,29). The van der Waals surface area contributed by atoms with Gasteiger partial charge in [0.2, 0.25) is 10.0 Å². The lowest BCUT2D eigenvalue weighted by atomic mass is 10.2. The van der Waals surface area contributed by atoms with Crippen molar-refractivity contribution in [2.75, 3.05) is 18.4 Å². The molecule has 0 saturated heterocycles. The van der Waals surface area contributed by atoms with Gasteiger partial charge in [0, 0.05) is 39.1 Å². The van der Waals surface area contributed by atoms with Gasteiger partial charge < -0.3 is 5.32 Å². The summed E-state index contributed by atoms with van der Waals surface area (Å²) in [5, 5.41) is 5.60. The van der Waals surface area contributed by atoms with Crippen molar-refractivity contribution >= 4 is 61.5 Å². The molecule has 0 saturated carbocycles. The van der Waals surface area contributed by atoms with Crippen molar-refractivity contribution in [1.82, 2.24) is 14.7 Å². The Bertz CT molecular complexity index is 1360. The molecule has 0 radical (unpaired) electrons. The smallest absolute Gasteiger partial charge is 0.240 e. The van der Waals surface area contributed by atoms with Gasteiger partial charge in [-0.3, -0.25) is 0 Å². The summed E-state index contributed by atoms with van der Waals surface area (Å²) in [6.07, 6.45) is 0. The van der Waals surface area contributed by atoms with Crippen molar-refractivity contribution in [1.29, 1.82) is 0 Å². The first kappa shape index (κ1) is 22.8. The molecule has 164 valence electrons. The average Bonchev–Trinajstić information content (AvgIpc) is 2.77. The maximum absolute atomic E-state index is 12.4. The van der Waals surface area contributed by atoms with Gasteiger partial charge in [-0.05, 0) is 66.7 Å². The molecule has 10 heteroatoms. The molecule has 2 N–H and O–H groups in total. The summed E-state index contributed by atoms with van der Waals surface area (Å²) in [6, 6.07) is 18.5. The number of fused-ring (bicyclic) bond motifs is 1. The molecule has 0 aliphatic rings. The Morgan fingerprint density at radius 3 is 2.06 bits per heavy atom. The Morgan fingerprint density at radius 1 is 0.750 bits per heavy atom. The zero-order valence-electron chi connectivity index (χ0n) is 16.5. The second-order valence-corrected chi connectivity index (χ2v) is 9.92. The minimum absolute atomic E-state index is 0.147. The summed E-state index contributed by atoms with van der Waals surface area (Å²) in [6.45, 7) is 0.460. The van der Waals surface area contributed by atoms with Crippen LogP contribution in [0.4, 0.5) is 5.82 Å². The summed E-state index contributed by atoms with van der Waals surface area (Å²) < 4.78 is 27.4. The highest BCUT2D eigenvalue weighted by Gasteiger charge is 2.14. The van der Waals surface area contributed by atoms with Gasteiger partial charge in [-0.2, -0.15) is 0 Å². The number of benzene rings is 3. The lowest BCUT2D eigenvalue weighted by Gasteiger charge is -2.12. The third-order valence-corrected chi connectivity index (χ3v) is 6.81. The maximum atomic E-state index is 12.4. The average molecular weight is 508 g/mol. The molecule has 0 amide bonds. The van der Waals surface area contributed by atoms with Crippen molar-refractivity contribution < 1.29 is 8.42 Å². The molecule has 1 heterocycles. The second kappa shape index (κ2) is 9.60. The number of nitrogens with zero attached hydrogens (tertiary/aromatic N) is 2. The van der Waals surface area contributed by atoms with Gasteiger partial charge in [0.15, 0.2) is 5.82 Å². The van der Waals surface area contributed by atoms with E-state index in [1.54, 1.807) is 24.3 Å². The predicted molar refractivity (Wildman–Crippen MR) is 130 cm³/mol. The minimum Gasteiger partial charge on any atom is -0.368 e. The molecule has 0 fully saturated rings. The molecule has 4 rings (SSSR count). The molecule has 1 aromatic heterocycles. The van der Waals surface area contributed by atoms with Crippen LogP contribution in [0.1, 0.15) is 0 Å². The number of anilines is 1. The summed E-state index contributed by atoms with van der Waals surface area (Å²) in [5.41, 5.74) is 1.46. The van der Waals surface area contributed by atoms with E-state index in [0.717, 1.165) is 10.9 Å². The van der Waals surface area contributed by atoms with Crippen LogP contribution in [0.5, 0.6) is 0 Å². The molecule has 0 aliphatic carbocycles. The SMILES string of the molecule is O=S(=O)(NCCNc1nc(-c2ccc(Cl)cc2)nc2cc(Cl)ccc12)c1ccc(Cl)cc1. The number of nitrogens with one attached hydrogen (secondary N) is 2. The molecule has 0 atom stereocenters. The molecule has 0 aliphatic heterocycles. The van der Waals surface area contributed by atoms with E-state index in [4.69, 9.17) is 34.8 Å². The largest absolute Gasteiger partial charge is 0.368 e. The van der Waals surface area contributed by atoms with Crippen LogP contribution >= 0.6 is 34.8 Å². The highest BCUT2D eigenvalue weighted by atomic mass is 35.5. The fourth-order valence-corrected chi connectivity index (χ4v) is 4.48. The predicted octanol–water partition coefficient (Wildman–Crippen LogP) is 5.65. The van der Waals surface area contributed by atoms with E-state index in [-0.39, 0.29) is 11.4 Å². The van der Waals surface area contributed by atoms with Crippen LogP contribution in [0.2, 0.25) is 15.1 Å². The third-order valence-electron chi connectivity index (χ3n) is 4.59. The van der Waals surface area contributed by atoms with Crippen LogP contribution in [-0.2, 0) is 10.0 Å². The monoisotopic (exact) mass is 506 g/mol. The molecule has 0 bridgehead atoms. The van der Waals surface area contributed by atoms with E-state index < -0.39 is 10.0 Å². The van der Waals surface area contributed by atoms with Gasteiger partial charge in [0.25, 0.3) is 0 Å². The van der Waals surface area contributed by atoms with Crippen molar-refractivity contribution in [3.05, 3.63) is 81.8 Å². The number of aromatic nitrogens is 2. The molecular weight excluding hydrogens is 491 g/mol. The van der Waals surface area contributed by atoms with Gasteiger partial charge in [-0.15, -0.1) is 0 Å². The van der Waals surface area contributed by atoms with Crippen LogP contribution in [0.3, 0.4) is 0 Å². The highest BCUT2D eigenvalue weighted by molar-refractivity contribution is 7.89. The Morgan fingerprint density at radius 2 is 1.38 bits per heavy atom. The molecule has 3 aromatic carbocycles. The van der Waals surface area contributed by atoms with Gasteiger partial charge in [0.05, 0.1) is 10.4 Å². The van der Waals surface area contributed by atoms with Gasteiger partial charge in [-0.25, -0.2) is 23.1 Å². The number of hydrogen-bond acceptors (Lipinski definition) is 5. The van der Waals surface area contributed by atoms with Gasteiger partial charge in [0.1, 0.15) is 5.82 Å². The Hall–Kier alpha value is -2.42. The number of sulfonamides is 1. The minimum atomic E-state index is -3.65. The summed E-state index contributed by atoms with van der Waals surface area (Å²) in [5.74, 6) is 1.07. The van der Waals surface area contributed by atoms with Crippen LogP contribution in [-0.4, -0.2) is 31.5 Å². The molecule has 4 aromatic rings. The first-order chi connectivity index (χ1) is 15.3. The van der Waals surface area contributed by atoms with Crippen molar-refractivity contribution in [3.63, 3.8) is 0 Å². The fraction of sp³-hybridized carbons (Fsp3) is 0.0909. The molecule has 0 spiro atoms. The van der Waals surface area contributed by atoms with Crippen LogP contribution in [0.15, 0.2) is 71.6 Å². The van der Waals surface area contributed by atoms with Crippen LogP contribution < -0.4 is 10.0 Å². The Labute approximate surface area is 200 Å². The van der Waals surface area contributed by atoms with E-state index in [9.17, 15) is 8.42 Å². The van der Waals surface area contributed by atoms with E-state index in [0.29, 0.717) is 38.8 Å². The summed E-state index contributed by atoms with van der Waals surface area (Å²) in [4.78, 5) is 9.39. The van der Waals surface area contributed by atoms with E-state index in [1.165, 1.54) is 24.3 Å². The van der Waals surface area contributed by atoms with Crippen LogP contribution in [0.25, 0.3) is 22.3 Å². The van der Waals surface area contributed by atoms with Gasteiger partial charge in [-0.1, -0.05) is 34.8 Å². The van der Waals surface area contributed by atoms with Crippen molar-refractivity contribution in [3.8, 4) is 11.4 Å². The number of rotatable bonds is 7. The Balaban J connectivity index is 1.54.